The van der Waals surface area contributed by atoms with Gasteiger partial charge >= 0.3 is 0 Å². The van der Waals surface area contributed by atoms with Crippen molar-refractivity contribution in [2.45, 2.75) is 19.8 Å². The van der Waals surface area contributed by atoms with Crippen molar-refractivity contribution in [3.8, 4) is 0 Å². The van der Waals surface area contributed by atoms with E-state index in [1.807, 2.05) is 38.1 Å². The van der Waals surface area contributed by atoms with Gasteiger partial charge in [-0.25, -0.2) is 19.9 Å². The van der Waals surface area contributed by atoms with Crippen molar-refractivity contribution in [3.05, 3.63) is 60.1 Å². The van der Waals surface area contributed by atoms with Gasteiger partial charge in [0.25, 0.3) is 0 Å². The number of nitrogens with zero attached hydrogens (tertiary/aromatic N) is 6. The topological polar surface area (TPSA) is 79.7 Å². The van der Waals surface area contributed by atoms with Crippen LogP contribution in [-0.2, 0) is 0 Å². The van der Waals surface area contributed by atoms with E-state index in [1.54, 1.807) is 18.6 Å². The van der Waals surface area contributed by atoms with E-state index in [4.69, 9.17) is 0 Å². The third-order valence-electron chi connectivity index (χ3n) is 4.14. The summed E-state index contributed by atoms with van der Waals surface area (Å²) < 4.78 is 0. The molecule has 7 nitrogen and oxygen atoms in total. The van der Waals surface area contributed by atoms with Crippen molar-refractivity contribution >= 4 is 17.5 Å². The molecule has 4 rings (SSSR count). The third kappa shape index (κ3) is 3.40. The summed E-state index contributed by atoms with van der Waals surface area (Å²) in [6.45, 7) is 5.66. The van der Waals surface area contributed by atoms with Crippen LogP contribution in [0.2, 0.25) is 0 Å². The first-order valence-electron chi connectivity index (χ1n) is 8.24. The highest BCUT2D eigenvalue weighted by Gasteiger charge is 2.31. The maximum atomic E-state index is 4.68. The number of rotatable bonds is 4. The van der Waals surface area contributed by atoms with E-state index in [0.717, 1.165) is 47.8 Å². The standard InChI is InChI=1S/C18H19N7/c1-12-4-3-5-15(21-12)23-16-8-13(2)22-18(24-16)14-10-25(11-14)17-9-19-6-7-20-17/h3-9,14H,10-11H2,1-2H3,(H,21,22,23,24). The fourth-order valence-electron chi connectivity index (χ4n) is 2.87. The van der Waals surface area contributed by atoms with Crippen LogP contribution in [0.1, 0.15) is 23.1 Å². The monoisotopic (exact) mass is 333 g/mol. The summed E-state index contributed by atoms with van der Waals surface area (Å²) in [4.78, 5) is 24.4. The van der Waals surface area contributed by atoms with E-state index in [0.29, 0.717) is 5.92 Å². The molecule has 3 aromatic heterocycles. The van der Waals surface area contributed by atoms with Crippen LogP contribution in [0.5, 0.6) is 0 Å². The van der Waals surface area contributed by atoms with E-state index in [1.165, 1.54) is 0 Å². The lowest BCUT2D eigenvalue weighted by atomic mass is 9.99. The lowest BCUT2D eigenvalue weighted by molar-refractivity contribution is 0.495. The Morgan fingerprint density at radius 3 is 2.64 bits per heavy atom. The van der Waals surface area contributed by atoms with Gasteiger partial charge in [0.2, 0.25) is 0 Å². The molecule has 0 unspecified atom stereocenters. The van der Waals surface area contributed by atoms with Crippen molar-refractivity contribution in [3.63, 3.8) is 0 Å². The number of aryl methyl sites for hydroxylation is 2. The summed E-state index contributed by atoms with van der Waals surface area (Å²) in [7, 11) is 0. The summed E-state index contributed by atoms with van der Waals surface area (Å²) in [6.07, 6.45) is 5.17. The molecule has 126 valence electrons. The van der Waals surface area contributed by atoms with Crippen LogP contribution in [0, 0.1) is 13.8 Å². The molecule has 0 bridgehead atoms. The van der Waals surface area contributed by atoms with Crippen molar-refractivity contribution < 1.29 is 0 Å². The molecule has 4 heterocycles. The molecule has 0 spiro atoms. The van der Waals surface area contributed by atoms with Gasteiger partial charge in [0.05, 0.1) is 12.1 Å². The number of hydrogen-bond acceptors (Lipinski definition) is 7. The predicted octanol–water partition coefficient (Wildman–Crippen LogP) is 2.63. The molecular formula is C18H19N7. The average molecular weight is 333 g/mol. The molecule has 3 aromatic rings. The lowest BCUT2D eigenvalue weighted by Crippen LogP contribution is -2.46. The van der Waals surface area contributed by atoms with E-state index in [2.05, 4.69) is 35.1 Å². The van der Waals surface area contributed by atoms with E-state index in [9.17, 15) is 0 Å². The molecule has 7 heteroatoms. The van der Waals surface area contributed by atoms with Gasteiger partial charge in [-0.2, -0.15) is 0 Å². The molecule has 0 aliphatic carbocycles. The van der Waals surface area contributed by atoms with Crippen LogP contribution in [0.4, 0.5) is 17.5 Å². The lowest BCUT2D eigenvalue weighted by Gasteiger charge is -2.39. The summed E-state index contributed by atoms with van der Waals surface area (Å²) >= 11 is 0. The van der Waals surface area contributed by atoms with Crippen LogP contribution >= 0.6 is 0 Å². The Labute approximate surface area is 146 Å². The number of pyridine rings is 1. The Morgan fingerprint density at radius 2 is 1.88 bits per heavy atom. The zero-order valence-corrected chi connectivity index (χ0v) is 14.2. The van der Waals surface area contributed by atoms with Crippen molar-refractivity contribution in [2.24, 2.45) is 0 Å². The second-order valence-electron chi connectivity index (χ2n) is 6.21. The van der Waals surface area contributed by atoms with Crippen LogP contribution in [0.3, 0.4) is 0 Å². The SMILES string of the molecule is Cc1cccc(Nc2cc(C)nc(C3CN(c4cnccn4)C3)n2)n1. The smallest absolute Gasteiger partial charge is 0.147 e. The summed E-state index contributed by atoms with van der Waals surface area (Å²) in [5, 5.41) is 3.27. The largest absolute Gasteiger partial charge is 0.354 e. The molecule has 1 saturated heterocycles. The first-order chi connectivity index (χ1) is 12.2. The summed E-state index contributed by atoms with van der Waals surface area (Å²) in [5.41, 5.74) is 1.91. The van der Waals surface area contributed by atoms with Crippen molar-refractivity contribution in [2.75, 3.05) is 23.3 Å². The minimum atomic E-state index is 0.299. The summed E-state index contributed by atoms with van der Waals surface area (Å²) in [6, 6.07) is 7.82. The second-order valence-corrected chi connectivity index (χ2v) is 6.21. The number of anilines is 3. The van der Waals surface area contributed by atoms with Gasteiger partial charge < -0.3 is 10.2 Å². The van der Waals surface area contributed by atoms with Gasteiger partial charge in [-0.05, 0) is 26.0 Å². The molecule has 0 radical (unpaired) electrons. The molecule has 0 amide bonds. The molecule has 25 heavy (non-hydrogen) atoms. The fraction of sp³-hybridized carbons (Fsp3) is 0.278. The second kappa shape index (κ2) is 6.43. The molecule has 1 N–H and O–H groups in total. The van der Waals surface area contributed by atoms with Gasteiger partial charge in [0, 0.05) is 42.9 Å². The highest BCUT2D eigenvalue weighted by Crippen LogP contribution is 2.29. The van der Waals surface area contributed by atoms with Crippen LogP contribution < -0.4 is 10.2 Å². The predicted molar refractivity (Wildman–Crippen MR) is 96.0 cm³/mol. The molecule has 0 atom stereocenters. The maximum absolute atomic E-state index is 4.68. The fourth-order valence-corrected chi connectivity index (χ4v) is 2.87. The minimum absolute atomic E-state index is 0.299. The Morgan fingerprint density at radius 1 is 1.00 bits per heavy atom. The Bertz CT molecular complexity index is 876. The normalized spacial score (nSPS) is 14.2. The zero-order valence-electron chi connectivity index (χ0n) is 14.2. The Balaban J connectivity index is 1.49. The number of nitrogens with one attached hydrogen (secondary N) is 1. The van der Waals surface area contributed by atoms with Crippen LogP contribution in [0.15, 0.2) is 42.9 Å². The molecule has 1 aliphatic rings. The third-order valence-corrected chi connectivity index (χ3v) is 4.14. The number of aromatic nitrogens is 5. The van der Waals surface area contributed by atoms with Crippen LogP contribution in [-0.4, -0.2) is 38.0 Å². The average Bonchev–Trinajstić information content (AvgIpc) is 2.54. The van der Waals surface area contributed by atoms with E-state index >= 15 is 0 Å². The highest BCUT2D eigenvalue weighted by molar-refractivity contribution is 5.52. The Hall–Kier alpha value is -3.09. The van der Waals surface area contributed by atoms with E-state index in [-0.39, 0.29) is 0 Å². The summed E-state index contributed by atoms with van der Waals surface area (Å²) in [5.74, 6) is 3.62. The quantitative estimate of drug-likeness (QED) is 0.786. The first-order valence-corrected chi connectivity index (χ1v) is 8.24. The first kappa shape index (κ1) is 15.4. The molecule has 1 aliphatic heterocycles. The maximum Gasteiger partial charge on any atom is 0.147 e. The molecule has 1 fully saturated rings. The van der Waals surface area contributed by atoms with Crippen LogP contribution in [0.25, 0.3) is 0 Å². The minimum Gasteiger partial charge on any atom is -0.354 e. The Kier molecular flexibility index (Phi) is 3.97. The van der Waals surface area contributed by atoms with Gasteiger partial charge in [-0.1, -0.05) is 6.07 Å². The highest BCUT2D eigenvalue weighted by atomic mass is 15.3. The van der Waals surface area contributed by atoms with E-state index < -0.39 is 0 Å². The molecule has 0 aromatic carbocycles. The van der Waals surface area contributed by atoms with Crippen molar-refractivity contribution in [1.29, 1.82) is 0 Å². The van der Waals surface area contributed by atoms with Gasteiger partial charge in [0.15, 0.2) is 0 Å². The van der Waals surface area contributed by atoms with Gasteiger partial charge in [-0.3, -0.25) is 4.98 Å². The number of hydrogen-bond donors (Lipinski definition) is 1. The van der Waals surface area contributed by atoms with Gasteiger partial charge in [0.1, 0.15) is 23.3 Å². The van der Waals surface area contributed by atoms with Crippen molar-refractivity contribution in [1.82, 2.24) is 24.9 Å². The molecule has 0 saturated carbocycles. The zero-order chi connectivity index (χ0) is 17.2. The van der Waals surface area contributed by atoms with Gasteiger partial charge in [-0.15, -0.1) is 0 Å². The molecular weight excluding hydrogens is 314 g/mol.